The van der Waals surface area contributed by atoms with Crippen molar-refractivity contribution >= 4 is 33.7 Å². The second-order valence-corrected chi connectivity index (χ2v) is 12.0. The molecule has 7 atom stereocenters. The van der Waals surface area contributed by atoms with E-state index in [9.17, 15) is 19.5 Å². The Bertz CT molecular complexity index is 1080. The first-order valence-corrected chi connectivity index (χ1v) is 14.7. The number of aliphatic hydroxyl groups excluding tert-OH is 1. The molecule has 8 nitrogen and oxygen atoms in total. The lowest BCUT2D eigenvalue weighted by Crippen LogP contribution is -2.57. The Labute approximate surface area is 239 Å². The first-order chi connectivity index (χ1) is 18.8. The molecule has 212 valence electrons. The van der Waals surface area contributed by atoms with Crippen LogP contribution in [0.3, 0.4) is 0 Å². The van der Waals surface area contributed by atoms with E-state index in [1.165, 1.54) is 4.90 Å². The molecule has 3 fully saturated rings. The quantitative estimate of drug-likeness (QED) is 0.213. The van der Waals surface area contributed by atoms with Crippen LogP contribution in [-0.2, 0) is 19.1 Å². The van der Waals surface area contributed by atoms with Crippen LogP contribution in [0.2, 0.25) is 0 Å². The number of rotatable bonds is 13. The van der Waals surface area contributed by atoms with Crippen LogP contribution in [0.25, 0.3) is 0 Å². The van der Waals surface area contributed by atoms with Gasteiger partial charge >= 0.3 is 0 Å². The Balaban J connectivity index is 1.82. The van der Waals surface area contributed by atoms with Gasteiger partial charge in [-0.3, -0.25) is 14.4 Å². The number of aliphatic hydroxyl groups is 1. The Hall–Kier alpha value is -2.49. The summed E-state index contributed by atoms with van der Waals surface area (Å²) in [5.41, 5.74) is -0.463. The van der Waals surface area contributed by atoms with Crippen LogP contribution in [0.4, 0.5) is 0 Å². The van der Waals surface area contributed by atoms with Gasteiger partial charge in [0.15, 0.2) is 0 Å². The lowest BCUT2D eigenvalue weighted by Gasteiger charge is -2.39. The number of carbonyl (C=O) groups excluding carboxylic acids is 3. The molecule has 2 bridgehead atoms. The van der Waals surface area contributed by atoms with Crippen LogP contribution in [-0.4, -0.2) is 93.4 Å². The molecule has 0 radical (unpaired) electrons. The maximum absolute atomic E-state index is 14.5. The van der Waals surface area contributed by atoms with Gasteiger partial charge in [-0.15, -0.1) is 13.2 Å². The average Bonchev–Trinajstić information content (AvgIpc) is 3.52. The summed E-state index contributed by atoms with van der Waals surface area (Å²) < 4.78 is 6.64. The highest BCUT2D eigenvalue weighted by Gasteiger charge is 2.77. The lowest BCUT2D eigenvalue weighted by atomic mass is 9.70. The molecule has 1 aromatic rings. The molecule has 3 saturated heterocycles. The van der Waals surface area contributed by atoms with Gasteiger partial charge in [0, 0.05) is 31.5 Å². The van der Waals surface area contributed by atoms with Crippen LogP contribution in [0, 0.1) is 11.8 Å². The molecular weight excluding hydrogens is 562 g/mol. The molecule has 0 saturated carbocycles. The molecular formula is C30H40BrN3O5. The summed E-state index contributed by atoms with van der Waals surface area (Å²) in [7, 11) is 1.69. The molecule has 1 aromatic carbocycles. The van der Waals surface area contributed by atoms with Crippen molar-refractivity contribution in [1.82, 2.24) is 14.7 Å². The van der Waals surface area contributed by atoms with Gasteiger partial charge in [-0.2, -0.15) is 0 Å². The first kappa shape index (κ1) is 29.5. The fourth-order valence-electron chi connectivity index (χ4n) is 6.71. The van der Waals surface area contributed by atoms with Crippen molar-refractivity contribution in [3.63, 3.8) is 0 Å². The summed E-state index contributed by atoms with van der Waals surface area (Å²) in [6.45, 7) is 10.5. The van der Waals surface area contributed by atoms with Crippen molar-refractivity contribution in [3.8, 4) is 0 Å². The molecule has 0 aliphatic carbocycles. The van der Waals surface area contributed by atoms with Crippen molar-refractivity contribution in [1.29, 1.82) is 0 Å². The van der Waals surface area contributed by atoms with E-state index in [-0.39, 0.29) is 29.2 Å². The topological polar surface area (TPSA) is 90.4 Å². The highest BCUT2D eigenvalue weighted by molar-refractivity contribution is 9.09. The number of hydrogen-bond donors (Lipinski definition) is 1. The van der Waals surface area contributed by atoms with E-state index in [1.807, 2.05) is 30.3 Å². The third-order valence-electron chi connectivity index (χ3n) is 8.41. The maximum Gasteiger partial charge on any atom is 0.248 e. The number of amides is 3. The third-order valence-corrected chi connectivity index (χ3v) is 9.26. The minimum atomic E-state index is -1.19. The smallest absolute Gasteiger partial charge is 0.248 e. The number of halogens is 1. The van der Waals surface area contributed by atoms with Gasteiger partial charge in [-0.1, -0.05) is 78.2 Å². The zero-order chi connectivity index (χ0) is 28.3. The summed E-state index contributed by atoms with van der Waals surface area (Å²) in [6, 6.07) is 7.50. The summed E-state index contributed by atoms with van der Waals surface area (Å²) in [5.74, 6) is -2.34. The molecule has 3 heterocycles. The third kappa shape index (κ3) is 5.09. The highest BCUT2D eigenvalue weighted by atomic mass is 79.9. The van der Waals surface area contributed by atoms with E-state index in [1.54, 1.807) is 29.0 Å². The number of likely N-dealkylation sites (N-methyl/N-ethyl adjacent to an activating group) is 1. The minimum absolute atomic E-state index is 0.194. The van der Waals surface area contributed by atoms with E-state index in [0.29, 0.717) is 26.1 Å². The summed E-state index contributed by atoms with van der Waals surface area (Å²) in [5, 5.41) is 10.6. The number of fused-ring (bicyclic) bond motifs is 1. The zero-order valence-electron chi connectivity index (χ0n) is 22.9. The summed E-state index contributed by atoms with van der Waals surface area (Å²) >= 11 is 3.72. The summed E-state index contributed by atoms with van der Waals surface area (Å²) in [6.07, 6.45) is 6.02. The first-order valence-electron chi connectivity index (χ1n) is 13.8. The second-order valence-electron chi connectivity index (χ2n) is 10.8. The molecule has 4 rings (SSSR count). The van der Waals surface area contributed by atoms with Gasteiger partial charge < -0.3 is 24.5 Å². The van der Waals surface area contributed by atoms with Gasteiger partial charge in [-0.25, -0.2) is 0 Å². The van der Waals surface area contributed by atoms with Crippen LogP contribution in [0.5, 0.6) is 0 Å². The Morgan fingerprint density at radius 1 is 1.21 bits per heavy atom. The molecule has 3 amide bonds. The number of unbranched alkanes of at least 4 members (excludes halogenated alkanes) is 2. The SMILES string of the molecule is C=CCN(C)C(=O)[C@H]1[C@@H]2OC3(CC2Br)C(C(=O)N(CC=C)CCCCC)N([C@H](CO)c2ccccc2)C(=O)[C@H]13. The van der Waals surface area contributed by atoms with Crippen molar-refractivity contribution in [2.45, 2.75) is 61.2 Å². The van der Waals surface area contributed by atoms with E-state index < -0.39 is 35.6 Å². The Kier molecular flexibility index (Phi) is 9.34. The molecule has 1 spiro atoms. The molecule has 1 N–H and O–H groups in total. The van der Waals surface area contributed by atoms with Crippen LogP contribution >= 0.6 is 15.9 Å². The number of hydrogen-bond acceptors (Lipinski definition) is 5. The van der Waals surface area contributed by atoms with Gasteiger partial charge in [0.05, 0.1) is 30.6 Å². The molecule has 0 aromatic heterocycles. The number of alkyl halides is 1. The number of nitrogens with zero attached hydrogens (tertiary/aromatic N) is 3. The molecule has 3 aliphatic rings. The Morgan fingerprint density at radius 3 is 2.51 bits per heavy atom. The van der Waals surface area contributed by atoms with Crippen molar-refractivity contribution in [3.05, 3.63) is 61.2 Å². The fraction of sp³-hybridized carbons (Fsp3) is 0.567. The van der Waals surface area contributed by atoms with E-state index in [0.717, 1.165) is 24.8 Å². The summed E-state index contributed by atoms with van der Waals surface area (Å²) in [4.78, 5) is 47.2. The van der Waals surface area contributed by atoms with E-state index in [4.69, 9.17) is 4.74 Å². The minimum Gasteiger partial charge on any atom is -0.394 e. The Morgan fingerprint density at radius 2 is 1.90 bits per heavy atom. The largest absolute Gasteiger partial charge is 0.394 e. The van der Waals surface area contributed by atoms with Gasteiger partial charge in [0.1, 0.15) is 11.6 Å². The zero-order valence-corrected chi connectivity index (χ0v) is 24.5. The van der Waals surface area contributed by atoms with Crippen molar-refractivity contribution in [2.75, 3.05) is 33.3 Å². The van der Waals surface area contributed by atoms with Crippen molar-refractivity contribution < 1.29 is 24.2 Å². The highest BCUT2D eigenvalue weighted by Crippen LogP contribution is 2.61. The van der Waals surface area contributed by atoms with Crippen LogP contribution in [0.15, 0.2) is 55.6 Å². The maximum atomic E-state index is 14.5. The number of ether oxygens (including phenoxy) is 1. The molecule has 9 heteroatoms. The standard InChI is InChI=1S/C30H40BrN3O5/c1-5-8-12-17-33(16-7-3)29(38)26-30-18-21(31)25(39-30)23(27(36)32(4)15-6-2)24(30)28(37)34(26)22(19-35)20-13-10-9-11-14-20/h6-7,9-11,13-14,21-26,35H,2-3,5,8,12,15-19H2,1,4H3/t21?,22-,23-,24+,25-,26?,30?/m1/s1. The second kappa shape index (κ2) is 12.4. The van der Waals surface area contributed by atoms with Crippen LogP contribution < -0.4 is 0 Å². The lowest BCUT2D eigenvalue weighted by molar-refractivity contribution is -0.151. The predicted octanol–water partition coefficient (Wildman–Crippen LogP) is 3.32. The van der Waals surface area contributed by atoms with Gasteiger partial charge in [-0.05, 0) is 18.4 Å². The molecule has 3 aliphatic heterocycles. The van der Waals surface area contributed by atoms with Gasteiger partial charge in [0.25, 0.3) is 0 Å². The van der Waals surface area contributed by atoms with Gasteiger partial charge in [0.2, 0.25) is 17.7 Å². The molecule has 39 heavy (non-hydrogen) atoms. The molecule has 3 unspecified atom stereocenters. The van der Waals surface area contributed by atoms with E-state index in [2.05, 4.69) is 36.0 Å². The normalized spacial score (nSPS) is 29.7. The number of carbonyl (C=O) groups is 3. The average molecular weight is 603 g/mol. The fourth-order valence-corrected chi connectivity index (χ4v) is 7.65. The number of likely N-dealkylation sites (tertiary alicyclic amines) is 1. The monoisotopic (exact) mass is 601 g/mol. The number of benzene rings is 1. The van der Waals surface area contributed by atoms with E-state index >= 15 is 0 Å². The van der Waals surface area contributed by atoms with Crippen LogP contribution in [0.1, 0.15) is 44.2 Å². The predicted molar refractivity (Wildman–Crippen MR) is 153 cm³/mol. The van der Waals surface area contributed by atoms with Crippen molar-refractivity contribution in [2.24, 2.45) is 11.8 Å².